The van der Waals surface area contributed by atoms with Crippen LogP contribution in [0.4, 0.5) is 19.0 Å². The zero-order chi connectivity index (χ0) is 21.8. The quantitative estimate of drug-likeness (QED) is 0.745. The highest BCUT2D eigenvalue weighted by molar-refractivity contribution is 5.79. The lowest BCUT2D eigenvalue weighted by atomic mass is 9.95. The molecule has 0 bridgehead atoms. The van der Waals surface area contributed by atoms with Crippen molar-refractivity contribution in [1.82, 2.24) is 15.2 Å². The van der Waals surface area contributed by atoms with Gasteiger partial charge in [0.2, 0.25) is 5.91 Å². The molecule has 2 saturated heterocycles. The van der Waals surface area contributed by atoms with Crippen molar-refractivity contribution in [2.24, 2.45) is 5.92 Å². The van der Waals surface area contributed by atoms with Crippen LogP contribution < -0.4 is 10.2 Å². The van der Waals surface area contributed by atoms with E-state index in [0.29, 0.717) is 38.3 Å². The van der Waals surface area contributed by atoms with Crippen molar-refractivity contribution in [3.8, 4) is 0 Å². The Balaban J connectivity index is 1.29. The lowest BCUT2D eigenvalue weighted by Gasteiger charge is -2.33. The highest BCUT2D eigenvalue weighted by Gasteiger charge is 2.32. The van der Waals surface area contributed by atoms with Crippen LogP contribution in [-0.4, -0.2) is 48.5 Å². The topological polar surface area (TPSA) is 61.6 Å². The second kappa shape index (κ2) is 9.30. The fourth-order valence-corrected chi connectivity index (χ4v) is 4.40. The molecule has 0 aliphatic carbocycles. The van der Waals surface area contributed by atoms with E-state index in [1.54, 1.807) is 6.26 Å². The fraction of sp³-hybridized carbons (Fsp3) is 0.545. The molecule has 0 spiro atoms. The number of halogens is 3. The molecule has 1 unspecified atom stereocenters. The monoisotopic (exact) mass is 436 g/mol. The minimum absolute atomic E-state index is 0.0239. The van der Waals surface area contributed by atoms with E-state index in [2.05, 4.69) is 15.2 Å². The average Bonchev–Trinajstić information content (AvgIpc) is 3.48. The lowest BCUT2D eigenvalue weighted by molar-refractivity contribution is -0.137. The molecule has 168 valence electrons. The largest absolute Gasteiger partial charge is 0.468 e. The number of hydrogen-bond donors (Lipinski definition) is 1. The van der Waals surface area contributed by atoms with Gasteiger partial charge in [-0.1, -0.05) is 0 Å². The number of piperidine rings is 1. The van der Waals surface area contributed by atoms with Gasteiger partial charge in [0.1, 0.15) is 11.6 Å². The van der Waals surface area contributed by atoms with E-state index in [1.165, 1.54) is 6.07 Å². The average molecular weight is 436 g/mol. The maximum absolute atomic E-state index is 12.8. The summed E-state index contributed by atoms with van der Waals surface area (Å²) >= 11 is 0. The molecule has 2 aromatic rings. The highest BCUT2D eigenvalue weighted by atomic mass is 19.4. The number of alkyl halides is 3. The molecule has 1 amide bonds. The molecule has 0 aromatic carbocycles. The first kappa shape index (κ1) is 21.7. The third-order valence-corrected chi connectivity index (χ3v) is 6.19. The SMILES string of the molecule is O=C(NCC(c1ccco1)N1CCCC1)C1CCN(c2ccc(C(F)(F)F)cn2)CC1. The van der Waals surface area contributed by atoms with Crippen molar-refractivity contribution in [2.75, 3.05) is 37.6 Å². The number of aromatic nitrogens is 1. The van der Waals surface area contributed by atoms with Crippen LogP contribution in [0.3, 0.4) is 0 Å². The Kier molecular flexibility index (Phi) is 6.50. The van der Waals surface area contributed by atoms with Gasteiger partial charge in [-0.15, -0.1) is 0 Å². The van der Waals surface area contributed by atoms with Crippen LogP contribution in [0.15, 0.2) is 41.1 Å². The number of anilines is 1. The molecule has 1 atom stereocenters. The van der Waals surface area contributed by atoms with Gasteiger partial charge in [0.15, 0.2) is 0 Å². The first-order valence-electron chi connectivity index (χ1n) is 10.7. The van der Waals surface area contributed by atoms with E-state index in [-0.39, 0.29) is 17.9 Å². The predicted molar refractivity (Wildman–Crippen MR) is 109 cm³/mol. The summed E-state index contributed by atoms with van der Waals surface area (Å²) < 4.78 is 43.7. The first-order chi connectivity index (χ1) is 14.9. The molecule has 2 aliphatic rings. The molecule has 6 nitrogen and oxygen atoms in total. The van der Waals surface area contributed by atoms with Crippen molar-refractivity contribution in [1.29, 1.82) is 0 Å². The van der Waals surface area contributed by atoms with Crippen LogP contribution in [-0.2, 0) is 11.0 Å². The Morgan fingerprint density at radius 2 is 1.90 bits per heavy atom. The molecule has 31 heavy (non-hydrogen) atoms. The third kappa shape index (κ3) is 5.20. The van der Waals surface area contributed by atoms with Gasteiger partial charge in [0.25, 0.3) is 0 Å². The van der Waals surface area contributed by atoms with Gasteiger partial charge in [-0.25, -0.2) is 4.98 Å². The molecule has 2 fully saturated rings. The van der Waals surface area contributed by atoms with Gasteiger partial charge in [-0.3, -0.25) is 9.69 Å². The van der Waals surface area contributed by atoms with Crippen LogP contribution in [0.5, 0.6) is 0 Å². The Bertz CT molecular complexity index is 841. The fourth-order valence-electron chi connectivity index (χ4n) is 4.40. The summed E-state index contributed by atoms with van der Waals surface area (Å²) in [6, 6.07) is 6.30. The predicted octanol–water partition coefficient (Wildman–Crippen LogP) is 3.86. The zero-order valence-corrected chi connectivity index (χ0v) is 17.3. The van der Waals surface area contributed by atoms with Gasteiger partial charge in [-0.2, -0.15) is 13.2 Å². The van der Waals surface area contributed by atoms with E-state index in [0.717, 1.165) is 44.0 Å². The standard InChI is InChI=1S/C22H27F3N4O2/c23-22(24,25)17-5-6-20(26-14-17)29-11-7-16(8-12-29)21(30)27-15-18(19-4-3-13-31-19)28-9-1-2-10-28/h3-6,13-14,16,18H,1-2,7-12,15H2,(H,27,30). The van der Waals surface area contributed by atoms with Crippen molar-refractivity contribution in [3.63, 3.8) is 0 Å². The molecule has 9 heteroatoms. The molecule has 2 aliphatic heterocycles. The molecule has 4 heterocycles. The van der Waals surface area contributed by atoms with Crippen LogP contribution >= 0.6 is 0 Å². The van der Waals surface area contributed by atoms with E-state index >= 15 is 0 Å². The summed E-state index contributed by atoms with van der Waals surface area (Å²) in [5.41, 5.74) is -0.755. The van der Waals surface area contributed by atoms with Gasteiger partial charge in [0, 0.05) is 31.7 Å². The highest BCUT2D eigenvalue weighted by Crippen LogP contribution is 2.30. The number of furan rings is 1. The number of nitrogens with one attached hydrogen (secondary N) is 1. The van der Waals surface area contributed by atoms with Crippen molar-refractivity contribution < 1.29 is 22.4 Å². The summed E-state index contributed by atoms with van der Waals surface area (Å²) in [6.45, 7) is 3.68. The van der Waals surface area contributed by atoms with Crippen LogP contribution in [0.1, 0.15) is 43.0 Å². The molecule has 0 radical (unpaired) electrons. The molecule has 4 rings (SSSR count). The number of carbonyl (C=O) groups excluding carboxylic acids is 1. The lowest BCUT2D eigenvalue weighted by Crippen LogP contribution is -2.43. The minimum atomic E-state index is -4.39. The maximum Gasteiger partial charge on any atom is 0.417 e. The number of hydrogen-bond acceptors (Lipinski definition) is 5. The number of likely N-dealkylation sites (tertiary alicyclic amines) is 1. The van der Waals surface area contributed by atoms with E-state index in [9.17, 15) is 18.0 Å². The molecule has 0 saturated carbocycles. The Hall–Kier alpha value is -2.55. The normalized spacial score (nSPS) is 19.5. The van der Waals surface area contributed by atoms with Crippen molar-refractivity contribution >= 4 is 11.7 Å². The van der Waals surface area contributed by atoms with E-state index < -0.39 is 11.7 Å². The molecule has 1 N–H and O–H groups in total. The van der Waals surface area contributed by atoms with Gasteiger partial charge in [0.05, 0.1) is 17.9 Å². The Morgan fingerprint density at radius 3 is 2.48 bits per heavy atom. The van der Waals surface area contributed by atoms with E-state index in [1.807, 2.05) is 17.0 Å². The summed E-state index contributed by atoms with van der Waals surface area (Å²) in [5.74, 6) is 1.29. The van der Waals surface area contributed by atoms with Crippen LogP contribution in [0, 0.1) is 5.92 Å². The maximum atomic E-state index is 12.8. The number of rotatable bonds is 6. The van der Waals surface area contributed by atoms with Crippen LogP contribution in [0.25, 0.3) is 0 Å². The summed E-state index contributed by atoms with van der Waals surface area (Å²) in [6.07, 6.45) is 1.72. The van der Waals surface area contributed by atoms with Crippen molar-refractivity contribution in [2.45, 2.75) is 37.9 Å². The van der Waals surface area contributed by atoms with Gasteiger partial charge in [-0.05, 0) is 63.0 Å². The summed E-state index contributed by atoms with van der Waals surface area (Å²) in [5, 5.41) is 3.10. The zero-order valence-electron chi connectivity index (χ0n) is 17.3. The molecular formula is C22H27F3N4O2. The second-order valence-electron chi connectivity index (χ2n) is 8.18. The number of amides is 1. The Morgan fingerprint density at radius 1 is 1.16 bits per heavy atom. The Labute approximate surface area is 179 Å². The molecule has 2 aromatic heterocycles. The number of pyridine rings is 1. The third-order valence-electron chi connectivity index (χ3n) is 6.19. The van der Waals surface area contributed by atoms with Crippen LogP contribution in [0.2, 0.25) is 0 Å². The molecular weight excluding hydrogens is 409 g/mol. The summed E-state index contributed by atoms with van der Waals surface area (Å²) in [4.78, 5) is 21.0. The minimum Gasteiger partial charge on any atom is -0.468 e. The van der Waals surface area contributed by atoms with Gasteiger partial charge < -0.3 is 14.6 Å². The summed E-state index contributed by atoms with van der Waals surface area (Å²) in [7, 11) is 0. The van der Waals surface area contributed by atoms with E-state index in [4.69, 9.17) is 4.42 Å². The number of carbonyl (C=O) groups is 1. The van der Waals surface area contributed by atoms with Gasteiger partial charge >= 0.3 is 6.18 Å². The second-order valence-corrected chi connectivity index (χ2v) is 8.18. The number of nitrogens with zero attached hydrogens (tertiary/aromatic N) is 3. The smallest absolute Gasteiger partial charge is 0.417 e. The van der Waals surface area contributed by atoms with Crippen molar-refractivity contribution in [3.05, 3.63) is 48.0 Å². The first-order valence-corrected chi connectivity index (χ1v) is 10.7.